The molecule has 0 aliphatic carbocycles. The SMILES string of the molecule is Nc1nnc(-c2ccccc2O)cc1N1CCC[C@H](c2ccc(C(=O)N3CCC(F)(CN4CCC(n5ccc6c(F)c(N7C=CCNC7)c(F)cc65)CC4)CC3)cc2)C1. The second kappa shape index (κ2) is 16.2. The molecule has 3 aromatic carbocycles. The fraction of sp³-hybridized carbons (Fsp3) is 0.400. The molecule has 0 radical (unpaired) electrons. The molecule has 4 aliphatic heterocycles. The monoisotopic (exact) mass is 805 g/mol. The molecule has 0 saturated carbocycles. The second-order valence-corrected chi connectivity index (χ2v) is 16.5. The number of anilines is 3. The van der Waals surface area contributed by atoms with Crippen LogP contribution >= 0.6 is 0 Å². The number of fused-ring (bicyclic) bond motifs is 1. The number of likely N-dealkylation sites (tertiary alicyclic amines) is 2. The molecule has 0 bridgehead atoms. The average molecular weight is 806 g/mol. The summed E-state index contributed by atoms with van der Waals surface area (Å²) >= 11 is 0. The number of nitrogens with two attached hydrogens (primary N) is 1. The molecule has 1 atom stereocenters. The third kappa shape index (κ3) is 7.83. The zero-order valence-corrected chi connectivity index (χ0v) is 33.0. The summed E-state index contributed by atoms with van der Waals surface area (Å²) in [4.78, 5) is 21.3. The van der Waals surface area contributed by atoms with E-state index in [1.54, 1.807) is 40.3 Å². The fourth-order valence-electron chi connectivity index (χ4n) is 9.49. The Morgan fingerprint density at radius 1 is 0.949 bits per heavy atom. The molecule has 14 heteroatoms. The van der Waals surface area contributed by atoms with Crippen molar-refractivity contribution in [3.63, 3.8) is 0 Å². The first-order valence-corrected chi connectivity index (χ1v) is 20.7. The van der Waals surface area contributed by atoms with Gasteiger partial charge in [-0.25, -0.2) is 13.2 Å². The highest BCUT2D eigenvalue weighted by Crippen LogP contribution is 2.38. The summed E-state index contributed by atoms with van der Waals surface area (Å²) in [5.41, 5.74) is 9.07. The van der Waals surface area contributed by atoms with Crippen LogP contribution in [0.3, 0.4) is 0 Å². The van der Waals surface area contributed by atoms with Crippen LogP contribution in [-0.4, -0.2) is 100 Å². The Balaban J connectivity index is 0.774. The molecule has 308 valence electrons. The lowest BCUT2D eigenvalue weighted by molar-refractivity contribution is 0.0158. The Bertz CT molecular complexity index is 2350. The van der Waals surface area contributed by atoms with Gasteiger partial charge >= 0.3 is 0 Å². The molecule has 4 aliphatic rings. The van der Waals surface area contributed by atoms with Crippen LogP contribution < -0.4 is 20.9 Å². The van der Waals surface area contributed by atoms with Gasteiger partial charge in [0.15, 0.2) is 17.5 Å². The smallest absolute Gasteiger partial charge is 0.253 e. The van der Waals surface area contributed by atoms with Crippen molar-refractivity contribution in [1.82, 2.24) is 29.9 Å². The average Bonchev–Trinajstić information content (AvgIpc) is 3.69. The van der Waals surface area contributed by atoms with Gasteiger partial charge in [-0.3, -0.25) is 10.1 Å². The zero-order chi connectivity index (χ0) is 40.7. The number of para-hydroxylation sites is 1. The van der Waals surface area contributed by atoms with Gasteiger partial charge in [0, 0.05) is 112 Å². The van der Waals surface area contributed by atoms with Crippen molar-refractivity contribution in [2.75, 3.05) is 74.6 Å². The van der Waals surface area contributed by atoms with Crippen molar-refractivity contribution in [3.8, 4) is 17.0 Å². The maximum atomic E-state index is 16.3. The minimum atomic E-state index is -1.39. The van der Waals surface area contributed by atoms with Gasteiger partial charge in [-0.1, -0.05) is 30.3 Å². The number of halogens is 3. The number of phenolic OH excluding ortho intramolecular Hbond substituents is 1. The predicted molar refractivity (Wildman–Crippen MR) is 224 cm³/mol. The topological polar surface area (TPSA) is 119 Å². The lowest BCUT2D eigenvalue weighted by atomic mass is 9.89. The van der Waals surface area contributed by atoms with Crippen molar-refractivity contribution in [1.29, 1.82) is 0 Å². The number of nitrogens with zero attached hydrogens (tertiary/aromatic N) is 7. The third-order valence-corrected chi connectivity index (χ3v) is 12.8. The number of amides is 1. The molecule has 3 fully saturated rings. The first-order valence-electron chi connectivity index (χ1n) is 20.7. The molecule has 3 saturated heterocycles. The summed E-state index contributed by atoms with van der Waals surface area (Å²) in [6.45, 7) is 4.93. The quantitative estimate of drug-likeness (QED) is 0.150. The number of carbonyl (C=O) groups excluding carboxylic acids is 1. The van der Waals surface area contributed by atoms with E-state index >= 15 is 13.2 Å². The maximum Gasteiger partial charge on any atom is 0.253 e. The van der Waals surface area contributed by atoms with Crippen molar-refractivity contribution in [3.05, 3.63) is 108 Å². The van der Waals surface area contributed by atoms with E-state index in [1.807, 2.05) is 53.2 Å². The van der Waals surface area contributed by atoms with E-state index in [0.717, 1.165) is 50.0 Å². The number of rotatable bonds is 8. The number of nitrogen functional groups attached to an aromatic ring is 1. The van der Waals surface area contributed by atoms with Crippen LogP contribution in [0.5, 0.6) is 5.75 Å². The van der Waals surface area contributed by atoms with Gasteiger partial charge < -0.3 is 35.0 Å². The molecule has 2 aromatic heterocycles. The van der Waals surface area contributed by atoms with Crippen LogP contribution in [0.4, 0.5) is 30.4 Å². The normalized spacial score (nSPS) is 20.4. The molecule has 4 N–H and O–H groups in total. The Hall–Kier alpha value is -5.60. The summed E-state index contributed by atoms with van der Waals surface area (Å²) in [7, 11) is 0. The minimum Gasteiger partial charge on any atom is -0.507 e. The third-order valence-electron chi connectivity index (χ3n) is 12.8. The van der Waals surface area contributed by atoms with Crippen molar-refractivity contribution >= 4 is 34.0 Å². The number of hydrogen-bond acceptors (Lipinski definition) is 9. The van der Waals surface area contributed by atoms with Gasteiger partial charge in [0.05, 0.1) is 23.6 Å². The Kier molecular flexibility index (Phi) is 10.7. The van der Waals surface area contributed by atoms with Crippen molar-refractivity contribution in [2.45, 2.75) is 56.2 Å². The predicted octanol–water partition coefficient (Wildman–Crippen LogP) is 7.21. The molecule has 6 heterocycles. The largest absolute Gasteiger partial charge is 0.507 e. The number of piperidine rings is 3. The van der Waals surface area contributed by atoms with E-state index in [4.69, 9.17) is 5.73 Å². The van der Waals surface area contributed by atoms with Crippen LogP contribution in [0.2, 0.25) is 0 Å². The lowest BCUT2D eigenvalue weighted by Gasteiger charge is -2.41. The highest BCUT2D eigenvalue weighted by atomic mass is 19.1. The zero-order valence-electron chi connectivity index (χ0n) is 33.0. The van der Waals surface area contributed by atoms with E-state index in [2.05, 4.69) is 25.3 Å². The van der Waals surface area contributed by atoms with Crippen LogP contribution in [0, 0.1) is 11.6 Å². The molecule has 0 unspecified atom stereocenters. The minimum absolute atomic E-state index is 0.0518. The van der Waals surface area contributed by atoms with E-state index in [9.17, 15) is 9.90 Å². The standard InChI is InChI=1S/C45H50F3N9O2/c46-36-25-38-35(41(47)42(36)56-19-4-17-50-29-56)14-22-57(38)33-12-20-53(21-13-33)28-45(48)15-23-54(24-16-45)44(59)31-10-8-30(9-11-31)32-5-3-18-55(27-32)39-26-37(51-52-43(39)49)34-6-1-2-7-40(34)58/h1-2,4,6-11,14,19,22,25-26,32-33,50,58H,3,5,12-13,15-18,20-21,23-24,27-29H2,(H2,49,52)/t32-/m0/s1. The molecule has 0 spiro atoms. The number of nitrogens with one attached hydrogen (secondary N) is 1. The number of phenols is 1. The number of benzene rings is 3. The van der Waals surface area contributed by atoms with E-state index in [-0.39, 0.29) is 42.1 Å². The van der Waals surface area contributed by atoms with Crippen molar-refractivity contribution < 1.29 is 23.1 Å². The highest BCUT2D eigenvalue weighted by molar-refractivity contribution is 5.94. The first-order chi connectivity index (χ1) is 28.6. The van der Waals surface area contributed by atoms with Gasteiger partial charge in [-0.15, -0.1) is 10.2 Å². The number of aromatic nitrogens is 3. The van der Waals surface area contributed by atoms with Crippen LogP contribution in [0.25, 0.3) is 22.2 Å². The molecule has 59 heavy (non-hydrogen) atoms. The Morgan fingerprint density at radius 2 is 1.73 bits per heavy atom. The van der Waals surface area contributed by atoms with Gasteiger partial charge in [-0.05, 0) is 67.6 Å². The highest BCUT2D eigenvalue weighted by Gasteiger charge is 2.39. The summed E-state index contributed by atoms with van der Waals surface area (Å²) in [5, 5.41) is 22.3. The maximum absolute atomic E-state index is 16.3. The molecule has 9 rings (SSSR count). The summed E-state index contributed by atoms with van der Waals surface area (Å²) < 4.78 is 49.2. The molecule has 5 aromatic rings. The number of carbonyl (C=O) groups is 1. The number of aromatic hydroxyl groups is 1. The molecule has 1 amide bonds. The van der Waals surface area contributed by atoms with Gasteiger partial charge in [-0.2, -0.15) is 0 Å². The lowest BCUT2D eigenvalue weighted by Crippen LogP contribution is -2.51. The van der Waals surface area contributed by atoms with Gasteiger partial charge in [0.1, 0.15) is 17.1 Å². The molecule has 11 nitrogen and oxygen atoms in total. The first kappa shape index (κ1) is 38.9. The summed E-state index contributed by atoms with van der Waals surface area (Å²) in [5.74, 6) is -0.547. The Morgan fingerprint density at radius 3 is 2.47 bits per heavy atom. The van der Waals surface area contributed by atoms with Crippen molar-refractivity contribution in [2.24, 2.45) is 0 Å². The second-order valence-electron chi connectivity index (χ2n) is 16.5. The van der Waals surface area contributed by atoms with E-state index in [0.29, 0.717) is 79.5 Å². The van der Waals surface area contributed by atoms with E-state index in [1.165, 1.54) is 6.07 Å². The van der Waals surface area contributed by atoms with Crippen LogP contribution in [-0.2, 0) is 0 Å². The molecular formula is C45H50F3N9O2. The van der Waals surface area contributed by atoms with E-state index < -0.39 is 17.3 Å². The fourth-order valence-corrected chi connectivity index (χ4v) is 9.49. The van der Waals surface area contributed by atoms with Crippen LogP contribution in [0.1, 0.15) is 66.4 Å². The number of hydrogen-bond donors (Lipinski definition) is 3. The molecular weight excluding hydrogens is 756 g/mol. The van der Waals surface area contributed by atoms with Crippen LogP contribution in [0.15, 0.2) is 85.2 Å². The summed E-state index contributed by atoms with van der Waals surface area (Å²) in [6.07, 6.45) is 9.38. The van der Waals surface area contributed by atoms with Gasteiger partial charge in [0.2, 0.25) is 0 Å². The Labute approximate surface area is 341 Å². The summed E-state index contributed by atoms with van der Waals surface area (Å²) in [6, 6.07) is 20.0. The van der Waals surface area contributed by atoms with Gasteiger partial charge in [0.25, 0.3) is 5.91 Å². The number of alkyl halides is 1.